The standard InChI is InChI=1S/C32H18NO3.C13H24O2.Ir/c1-18-20-8-2-5-11-25(20)35-31(18)19-14-15-33-24(16-19)23-17-28-29(21-9-3-6-12-26(21)34-28)30-22-10-4-7-13-27(22)36-32(23)30;1-5-10(6-2)12(14)9-13(15)11(7-3)8-4;/h2-16H,1H3;9-11,14H,5-8H2,1-4H3;/q-1;;/b;12-9-;. The van der Waals surface area contributed by atoms with Crippen molar-refractivity contribution in [3.8, 4) is 22.6 Å². The van der Waals surface area contributed by atoms with Crippen molar-refractivity contribution in [2.24, 2.45) is 11.8 Å². The number of aromatic nitrogens is 1. The van der Waals surface area contributed by atoms with Crippen LogP contribution in [0.1, 0.15) is 58.9 Å². The largest absolute Gasteiger partial charge is 0.512 e. The summed E-state index contributed by atoms with van der Waals surface area (Å²) in [6, 6.07) is 31.8. The summed E-state index contributed by atoms with van der Waals surface area (Å²) in [6.45, 7) is 10.2. The number of ketones is 1. The number of hydrogen-bond acceptors (Lipinski definition) is 6. The van der Waals surface area contributed by atoms with Gasteiger partial charge in [-0.1, -0.05) is 100.0 Å². The van der Waals surface area contributed by atoms with E-state index >= 15 is 0 Å². The Balaban J connectivity index is 0.000000250. The maximum atomic E-state index is 11.7. The van der Waals surface area contributed by atoms with Crippen LogP contribution in [0, 0.1) is 24.8 Å². The van der Waals surface area contributed by atoms with E-state index in [4.69, 9.17) is 18.2 Å². The van der Waals surface area contributed by atoms with Crippen LogP contribution in [0.25, 0.3) is 77.4 Å². The fraction of sp³-hybridized carbons (Fsp3) is 0.244. The minimum absolute atomic E-state index is 0. The van der Waals surface area contributed by atoms with Gasteiger partial charge in [0.1, 0.15) is 22.5 Å². The quantitative estimate of drug-likeness (QED) is 0.0883. The van der Waals surface area contributed by atoms with E-state index in [0.29, 0.717) is 5.58 Å². The van der Waals surface area contributed by atoms with Crippen LogP contribution in [-0.2, 0) is 24.9 Å². The Morgan fingerprint density at radius 1 is 0.750 bits per heavy atom. The van der Waals surface area contributed by atoms with Crippen LogP contribution in [-0.4, -0.2) is 15.9 Å². The number of aliphatic hydroxyl groups is 1. The molecule has 0 saturated carbocycles. The number of rotatable bonds is 9. The van der Waals surface area contributed by atoms with Crippen molar-refractivity contribution in [2.75, 3.05) is 0 Å². The summed E-state index contributed by atoms with van der Waals surface area (Å²) in [6.07, 6.45) is 6.71. The molecule has 0 bridgehead atoms. The van der Waals surface area contributed by atoms with Gasteiger partial charge in [-0.2, -0.15) is 0 Å². The van der Waals surface area contributed by atoms with Gasteiger partial charge >= 0.3 is 0 Å². The summed E-state index contributed by atoms with van der Waals surface area (Å²) in [5.41, 5.74) is 7.54. The van der Waals surface area contributed by atoms with E-state index in [0.717, 1.165) is 103 Å². The SMILES string of the molecule is CCC(CC)C(=O)/C=C(\O)C(CC)CC.Cc1c(-c2ccnc(-c3[c-]c4oc5ccccc5c4c4c3oc3ccccc34)c2)oc2ccccc12.[Ir]. The third-order valence-electron chi connectivity index (χ3n) is 10.1. The zero-order valence-electron chi connectivity index (χ0n) is 30.1. The summed E-state index contributed by atoms with van der Waals surface area (Å²) >= 11 is 0. The number of benzene rings is 4. The van der Waals surface area contributed by atoms with E-state index in [1.807, 2.05) is 101 Å². The number of pyridine rings is 1. The third kappa shape index (κ3) is 6.71. The number of furan rings is 3. The van der Waals surface area contributed by atoms with Gasteiger partial charge in [0, 0.05) is 66.1 Å². The monoisotopic (exact) mass is 869 g/mol. The Labute approximate surface area is 316 Å². The van der Waals surface area contributed by atoms with Crippen LogP contribution in [0.3, 0.4) is 0 Å². The second-order valence-electron chi connectivity index (χ2n) is 13.1. The zero-order chi connectivity index (χ0) is 35.6. The van der Waals surface area contributed by atoms with Gasteiger partial charge in [0.05, 0.1) is 16.9 Å². The van der Waals surface area contributed by atoms with Gasteiger partial charge in [-0.25, -0.2) is 0 Å². The summed E-state index contributed by atoms with van der Waals surface area (Å²) in [7, 11) is 0. The molecule has 0 fully saturated rings. The van der Waals surface area contributed by atoms with E-state index in [-0.39, 0.29) is 43.5 Å². The molecular formula is C45H42IrNO5-. The summed E-state index contributed by atoms with van der Waals surface area (Å²) in [4.78, 5) is 16.4. The Morgan fingerprint density at radius 2 is 1.31 bits per heavy atom. The summed E-state index contributed by atoms with van der Waals surface area (Å²) in [5, 5.41) is 15.0. The Hall–Kier alpha value is -4.97. The minimum atomic E-state index is 0. The number of hydrogen-bond donors (Lipinski definition) is 1. The topological polar surface area (TPSA) is 89.6 Å². The molecule has 4 aromatic carbocycles. The normalized spacial score (nSPS) is 11.9. The second-order valence-corrected chi connectivity index (χ2v) is 13.1. The molecule has 6 nitrogen and oxygen atoms in total. The number of aryl methyl sites for hydroxylation is 1. The average molecular weight is 869 g/mol. The smallest absolute Gasteiger partial charge is 0.162 e. The number of aliphatic hydroxyl groups excluding tert-OH is 1. The van der Waals surface area contributed by atoms with E-state index in [2.05, 4.69) is 31.2 Å². The van der Waals surface area contributed by atoms with Crippen LogP contribution in [0.15, 0.2) is 116 Å². The van der Waals surface area contributed by atoms with Gasteiger partial charge in [-0.05, 0) is 78.7 Å². The molecule has 0 unspecified atom stereocenters. The van der Waals surface area contributed by atoms with Crippen LogP contribution < -0.4 is 0 Å². The van der Waals surface area contributed by atoms with Gasteiger partial charge in [-0.15, -0.1) is 0 Å². The van der Waals surface area contributed by atoms with Crippen molar-refractivity contribution in [1.82, 2.24) is 4.98 Å². The number of carbonyl (C=O) groups excluding carboxylic acids is 1. The van der Waals surface area contributed by atoms with Crippen molar-refractivity contribution in [2.45, 2.75) is 60.3 Å². The van der Waals surface area contributed by atoms with Crippen LogP contribution >= 0.6 is 0 Å². The Morgan fingerprint density at radius 3 is 1.92 bits per heavy atom. The van der Waals surface area contributed by atoms with E-state index < -0.39 is 0 Å². The third-order valence-corrected chi connectivity index (χ3v) is 10.1. The molecule has 0 amide bonds. The summed E-state index contributed by atoms with van der Waals surface area (Å²) in [5.74, 6) is 1.39. The van der Waals surface area contributed by atoms with E-state index in [1.54, 1.807) is 0 Å². The van der Waals surface area contributed by atoms with Gasteiger partial charge in [0.25, 0.3) is 0 Å². The molecule has 267 valence electrons. The van der Waals surface area contributed by atoms with Crippen molar-refractivity contribution in [3.05, 3.63) is 115 Å². The maximum Gasteiger partial charge on any atom is 0.162 e. The van der Waals surface area contributed by atoms with Crippen molar-refractivity contribution in [3.63, 3.8) is 0 Å². The molecule has 1 radical (unpaired) electrons. The van der Waals surface area contributed by atoms with Gasteiger partial charge in [0.15, 0.2) is 5.78 Å². The predicted octanol–water partition coefficient (Wildman–Crippen LogP) is 12.9. The van der Waals surface area contributed by atoms with Gasteiger partial charge < -0.3 is 23.3 Å². The molecule has 4 heterocycles. The molecule has 0 aliphatic rings. The average Bonchev–Trinajstić information content (AvgIpc) is 3.83. The number of fused-ring (bicyclic) bond motifs is 8. The molecule has 8 rings (SSSR count). The van der Waals surface area contributed by atoms with Gasteiger partial charge in [-0.3, -0.25) is 4.79 Å². The summed E-state index contributed by atoms with van der Waals surface area (Å²) < 4.78 is 19.0. The molecule has 0 aliphatic carbocycles. The van der Waals surface area contributed by atoms with E-state index in [9.17, 15) is 9.90 Å². The number of nitrogens with zero attached hydrogens (tertiary/aromatic N) is 1. The van der Waals surface area contributed by atoms with E-state index in [1.165, 1.54) is 6.08 Å². The number of carbonyl (C=O) groups is 1. The first-order valence-electron chi connectivity index (χ1n) is 17.9. The predicted molar refractivity (Wildman–Crippen MR) is 207 cm³/mol. The first kappa shape index (κ1) is 36.8. The Kier molecular flexibility index (Phi) is 11.1. The maximum absolute atomic E-state index is 11.7. The Bertz CT molecular complexity index is 2540. The molecule has 8 aromatic rings. The first-order valence-corrected chi connectivity index (χ1v) is 17.9. The second kappa shape index (κ2) is 15.7. The molecular weight excluding hydrogens is 827 g/mol. The number of para-hydroxylation sites is 3. The molecule has 0 spiro atoms. The molecule has 0 saturated heterocycles. The van der Waals surface area contributed by atoms with Crippen molar-refractivity contribution >= 4 is 60.6 Å². The fourth-order valence-electron chi connectivity index (χ4n) is 7.14. The molecule has 4 aromatic heterocycles. The molecule has 0 atom stereocenters. The minimum Gasteiger partial charge on any atom is -0.512 e. The molecule has 0 aliphatic heterocycles. The fourth-order valence-corrected chi connectivity index (χ4v) is 7.14. The van der Waals surface area contributed by atoms with Crippen LogP contribution in [0.2, 0.25) is 0 Å². The first-order chi connectivity index (χ1) is 24.9. The van der Waals surface area contributed by atoms with Crippen molar-refractivity contribution < 1.29 is 43.3 Å². The molecule has 52 heavy (non-hydrogen) atoms. The zero-order valence-corrected chi connectivity index (χ0v) is 32.5. The van der Waals surface area contributed by atoms with Crippen molar-refractivity contribution in [1.29, 1.82) is 0 Å². The van der Waals surface area contributed by atoms with Crippen LogP contribution in [0.5, 0.6) is 0 Å². The molecule has 7 heteroatoms. The number of allylic oxidation sites excluding steroid dienone is 2. The van der Waals surface area contributed by atoms with Crippen LogP contribution in [0.4, 0.5) is 0 Å². The van der Waals surface area contributed by atoms with Gasteiger partial charge in [0.2, 0.25) is 0 Å². The molecule has 1 N–H and O–H groups in total.